The third-order valence-corrected chi connectivity index (χ3v) is 2.97. The predicted octanol–water partition coefficient (Wildman–Crippen LogP) is 0.706. The van der Waals surface area contributed by atoms with E-state index >= 15 is 0 Å². The van der Waals surface area contributed by atoms with Gasteiger partial charge in [0.25, 0.3) is 0 Å². The summed E-state index contributed by atoms with van der Waals surface area (Å²) in [6.45, 7) is 1.92. The zero-order valence-electron chi connectivity index (χ0n) is 7.77. The highest BCUT2D eigenvalue weighted by molar-refractivity contribution is 7.89. The van der Waals surface area contributed by atoms with Crippen molar-refractivity contribution in [3.05, 3.63) is 24.0 Å². The highest BCUT2D eigenvalue weighted by Gasteiger charge is 2.14. The molecule has 5 heteroatoms. The van der Waals surface area contributed by atoms with Gasteiger partial charge >= 0.3 is 0 Å². The molecule has 0 saturated carbocycles. The van der Waals surface area contributed by atoms with Crippen LogP contribution in [0.3, 0.4) is 0 Å². The van der Waals surface area contributed by atoms with Gasteiger partial charge in [0.05, 0.1) is 11.9 Å². The second-order valence-electron chi connectivity index (χ2n) is 3.01. The van der Waals surface area contributed by atoms with Crippen LogP contribution in [-0.2, 0) is 10.0 Å². The van der Waals surface area contributed by atoms with Crippen molar-refractivity contribution in [2.75, 3.05) is 6.26 Å². The molecule has 1 heterocycles. The van der Waals surface area contributed by atoms with Gasteiger partial charge < -0.3 is 5.73 Å². The summed E-state index contributed by atoms with van der Waals surface area (Å²) in [6, 6.07) is 3.20. The van der Waals surface area contributed by atoms with Crippen LogP contribution in [0.4, 0.5) is 0 Å². The van der Waals surface area contributed by atoms with Gasteiger partial charge in [-0.1, -0.05) is 6.92 Å². The molecular formula is C8H14N2O2S. The molecule has 0 unspecified atom stereocenters. The lowest BCUT2D eigenvalue weighted by molar-refractivity contribution is 0.584. The van der Waals surface area contributed by atoms with E-state index in [-0.39, 0.29) is 6.04 Å². The fourth-order valence-electron chi connectivity index (χ4n) is 1.18. The molecule has 0 saturated heterocycles. The number of nitrogens with two attached hydrogens (primary N) is 1. The average molecular weight is 202 g/mol. The van der Waals surface area contributed by atoms with Gasteiger partial charge in [0.2, 0.25) is 10.0 Å². The van der Waals surface area contributed by atoms with Crippen molar-refractivity contribution in [3.8, 4) is 0 Å². The van der Waals surface area contributed by atoms with Crippen LogP contribution in [0.5, 0.6) is 0 Å². The van der Waals surface area contributed by atoms with E-state index in [1.807, 2.05) is 6.92 Å². The van der Waals surface area contributed by atoms with Gasteiger partial charge in [-0.05, 0) is 18.6 Å². The summed E-state index contributed by atoms with van der Waals surface area (Å²) in [5.74, 6) is 0. The Hall–Kier alpha value is -0.810. The lowest BCUT2D eigenvalue weighted by atomic mass is 10.2. The highest BCUT2D eigenvalue weighted by atomic mass is 32.2. The van der Waals surface area contributed by atoms with Crippen LogP contribution in [0.2, 0.25) is 0 Å². The molecule has 4 nitrogen and oxygen atoms in total. The Kier molecular flexibility index (Phi) is 2.77. The molecule has 0 aliphatic carbocycles. The zero-order valence-corrected chi connectivity index (χ0v) is 8.58. The number of hydrogen-bond acceptors (Lipinski definition) is 3. The molecule has 0 aromatic carbocycles. The standard InChI is InChI=1S/C8H14N2O2S/c1-3-7(9)8-5-4-6-10(8)13(2,11)12/h4-7H,3,9H2,1-2H3/t7-/m0/s1. The number of nitrogens with zero attached hydrogens (tertiary/aromatic N) is 1. The minimum atomic E-state index is -3.21. The Morgan fingerprint density at radius 2 is 2.23 bits per heavy atom. The van der Waals surface area contributed by atoms with E-state index in [4.69, 9.17) is 5.73 Å². The molecule has 0 bridgehead atoms. The van der Waals surface area contributed by atoms with Crippen LogP contribution < -0.4 is 5.73 Å². The second kappa shape index (κ2) is 3.51. The van der Waals surface area contributed by atoms with E-state index in [2.05, 4.69) is 0 Å². The molecule has 13 heavy (non-hydrogen) atoms. The van der Waals surface area contributed by atoms with Gasteiger partial charge in [0.1, 0.15) is 0 Å². The van der Waals surface area contributed by atoms with E-state index in [0.29, 0.717) is 5.69 Å². The van der Waals surface area contributed by atoms with Crippen molar-refractivity contribution in [2.45, 2.75) is 19.4 Å². The molecule has 74 valence electrons. The summed E-state index contributed by atoms with van der Waals surface area (Å²) >= 11 is 0. The third kappa shape index (κ3) is 2.10. The summed E-state index contributed by atoms with van der Waals surface area (Å²) < 4.78 is 23.7. The largest absolute Gasteiger partial charge is 0.323 e. The summed E-state index contributed by atoms with van der Waals surface area (Å²) in [7, 11) is -3.21. The fraction of sp³-hybridized carbons (Fsp3) is 0.500. The molecule has 0 aliphatic heterocycles. The molecule has 1 aromatic heterocycles. The summed E-state index contributed by atoms with van der Waals surface area (Å²) in [5.41, 5.74) is 6.39. The molecular weight excluding hydrogens is 188 g/mol. The number of rotatable bonds is 3. The van der Waals surface area contributed by atoms with E-state index < -0.39 is 10.0 Å². The van der Waals surface area contributed by atoms with E-state index in [0.717, 1.165) is 6.42 Å². The lowest BCUT2D eigenvalue weighted by Crippen LogP contribution is -2.18. The quantitative estimate of drug-likeness (QED) is 0.785. The average Bonchev–Trinajstić information content (AvgIpc) is 2.49. The molecule has 1 atom stereocenters. The smallest absolute Gasteiger partial charge is 0.235 e. The number of aromatic nitrogens is 1. The molecule has 0 aliphatic rings. The highest BCUT2D eigenvalue weighted by Crippen LogP contribution is 2.15. The minimum Gasteiger partial charge on any atom is -0.323 e. The molecule has 0 radical (unpaired) electrons. The van der Waals surface area contributed by atoms with Gasteiger partial charge in [0, 0.05) is 12.2 Å². The summed E-state index contributed by atoms with van der Waals surface area (Å²) in [4.78, 5) is 0. The Morgan fingerprint density at radius 1 is 1.62 bits per heavy atom. The van der Waals surface area contributed by atoms with Crippen LogP contribution in [0, 0.1) is 0 Å². The van der Waals surface area contributed by atoms with Crippen molar-refractivity contribution in [1.29, 1.82) is 0 Å². The fourth-order valence-corrected chi connectivity index (χ4v) is 2.05. The van der Waals surface area contributed by atoms with Gasteiger partial charge in [-0.3, -0.25) is 0 Å². The van der Waals surface area contributed by atoms with Crippen LogP contribution in [0.25, 0.3) is 0 Å². The maximum Gasteiger partial charge on any atom is 0.235 e. The molecule has 2 N–H and O–H groups in total. The molecule has 0 fully saturated rings. The first-order valence-electron chi connectivity index (χ1n) is 4.10. The Balaban J connectivity index is 3.18. The normalized spacial score (nSPS) is 14.4. The topological polar surface area (TPSA) is 65.1 Å². The van der Waals surface area contributed by atoms with Crippen LogP contribution in [-0.4, -0.2) is 18.6 Å². The minimum absolute atomic E-state index is 0.218. The predicted molar refractivity (Wildman–Crippen MR) is 51.9 cm³/mol. The molecule has 0 spiro atoms. The van der Waals surface area contributed by atoms with E-state index in [9.17, 15) is 8.42 Å². The maximum atomic E-state index is 11.2. The SMILES string of the molecule is CC[C@H](N)c1cccn1S(C)(=O)=O. The van der Waals surface area contributed by atoms with Crippen molar-refractivity contribution >= 4 is 10.0 Å². The molecule has 1 aromatic rings. The van der Waals surface area contributed by atoms with Crippen LogP contribution in [0.15, 0.2) is 18.3 Å². The summed E-state index contributed by atoms with van der Waals surface area (Å²) in [6.07, 6.45) is 3.40. The van der Waals surface area contributed by atoms with Crippen molar-refractivity contribution in [3.63, 3.8) is 0 Å². The number of hydrogen-bond donors (Lipinski definition) is 1. The van der Waals surface area contributed by atoms with E-state index in [1.165, 1.54) is 16.4 Å². The van der Waals surface area contributed by atoms with Crippen LogP contribution >= 0.6 is 0 Å². The molecule has 1 rings (SSSR count). The lowest BCUT2D eigenvalue weighted by Gasteiger charge is -2.11. The first-order chi connectivity index (χ1) is 5.96. The monoisotopic (exact) mass is 202 g/mol. The Labute approximate surface area is 78.4 Å². The summed E-state index contributed by atoms with van der Waals surface area (Å²) in [5, 5.41) is 0. The first-order valence-corrected chi connectivity index (χ1v) is 5.95. The van der Waals surface area contributed by atoms with Gasteiger partial charge in [-0.15, -0.1) is 0 Å². The van der Waals surface area contributed by atoms with Crippen LogP contribution in [0.1, 0.15) is 25.1 Å². The molecule has 0 amide bonds. The second-order valence-corrected chi connectivity index (χ2v) is 4.87. The third-order valence-electron chi connectivity index (χ3n) is 1.92. The van der Waals surface area contributed by atoms with Gasteiger partial charge in [-0.25, -0.2) is 12.4 Å². The van der Waals surface area contributed by atoms with Gasteiger partial charge in [-0.2, -0.15) is 0 Å². The maximum absolute atomic E-state index is 11.2. The Morgan fingerprint density at radius 3 is 2.69 bits per heavy atom. The first kappa shape index (κ1) is 10.3. The van der Waals surface area contributed by atoms with E-state index in [1.54, 1.807) is 12.1 Å². The Bertz CT molecular complexity index is 381. The zero-order chi connectivity index (χ0) is 10.1. The van der Waals surface area contributed by atoms with Crippen molar-refractivity contribution in [2.24, 2.45) is 5.73 Å². The van der Waals surface area contributed by atoms with Crippen molar-refractivity contribution < 1.29 is 8.42 Å². The van der Waals surface area contributed by atoms with Crippen molar-refractivity contribution in [1.82, 2.24) is 3.97 Å². The van der Waals surface area contributed by atoms with Gasteiger partial charge in [0.15, 0.2) is 0 Å².